The topological polar surface area (TPSA) is 21.3 Å². The van der Waals surface area contributed by atoms with Crippen molar-refractivity contribution in [3.05, 3.63) is 64.7 Å². The monoisotopic (exact) mass is 269 g/mol. The number of methoxy groups -OCH3 is 1. The van der Waals surface area contributed by atoms with Gasteiger partial charge < -0.3 is 10.1 Å². The fraction of sp³-hybridized carbons (Fsp3) is 0.333. The normalized spacial score (nSPS) is 12.2. The molecule has 0 saturated heterocycles. The van der Waals surface area contributed by atoms with Crippen molar-refractivity contribution >= 4 is 0 Å². The SMILES string of the molecule is COc1ccccc1[C@@H](C)NCc1ccc(C)cc1C. The zero-order valence-electron chi connectivity index (χ0n) is 12.7. The molecule has 20 heavy (non-hydrogen) atoms. The molecule has 0 spiro atoms. The zero-order chi connectivity index (χ0) is 14.5. The van der Waals surface area contributed by atoms with Crippen LogP contribution in [-0.4, -0.2) is 7.11 Å². The summed E-state index contributed by atoms with van der Waals surface area (Å²) in [6.45, 7) is 7.33. The third kappa shape index (κ3) is 3.40. The molecule has 1 atom stereocenters. The third-order valence-electron chi connectivity index (χ3n) is 3.70. The Balaban J connectivity index is 2.06. The first-order valence-corrected chi connectivity index (χ1v) is 7.04. The van der Waals surface area contributed by atoms with Crippen LogP contribution < -0.4 is 10.1 Å². The van der Waals surface area contributed by atoms with Crippen LogP contribution in [0.25, 0.3) is 0 Å². The van der Waals surface area contributed by atoms with Gasteiger partial charge in [-0.2, -0.15) is 0 Å². The Morgan fingerprint density at radius 2 is 1.85 bits per heavy atom. The van der Waals surface area contributed by atoms with E-state index in [4.69, 9.17) is 4.74 Å². The number of benzene rings is 2. The summed E-state index contributed by atoms with van der Waals surface area (Å²) in [7, 11) is 1.72. The fourth-order valence-electron chi connectivity index (χ4n) is 2.44. The Labute approximate surface area is 121 Å². The smallest absolute Gasteiger partial charge is 0.123 e. The number of rotatable bonds is 5. The molecule has 0 fully saturated rings. The van der Waals surface area contributed by atoms with E-state index >= 15 is 0 Å². The maximum Gasteiger partial charge on any atom is 0.123 e. The second-order valence-corrected chi connectivity index (χ2v) is 5.27. The summed E-state index contributed by atoms with van der Waals surface area (Å²) >= 11 is 0. The van der Waals surface area contributed by atoms with Gasteiger partial charge in [-0.15, -0.1) is 0 Å². The number of nitrogens with one attached hydrogen (secondary N) is 1. The lowest BCUT2D eigenvalue weighted by Crippen LogP contribution is -2.19. The Hall–Kier alpha value is -1.80. The Kier molecular flexibility index (Phi) is 4.80. The molecule has 2 aromatic rings. The highest BCUT2D eigenvalue weighted by molar-refractivity contribution is 5.36. The van der Waals surface area contributed by atoms with Gasteiger partial charge in [0.1, 0.15) is 5.75 Å². The summed E-state index contributed by atoms with van der Waals surface area (Å²) in [6, 6.07) is 15.0. The molecule has 0 aromatic heterocycles. The van der Waals surface area contributed by atoms with E-state index in [-0.39, 0.29) is 6.04 Å². The molecule has 106 valence electrons. The summed E-state index contributed by atoms with van der Waals surface area (Å²) in [5.74, 6) is 0.938. The molecule has 0 aliphatic rings. The molecular weight excluding hydrogens is 246 g/mol. The van der Waals surface area contributed by atoms with Crippen LogP contribution in [0.1, 0.15) is 35.2 Å². The van der Waals surface area contributed by atoms with Gasteiger partial charge in [0, 0.05) is 18.2 Å². The van der Waals surface area contributed by atoms with Crippen molar-refractivity contribution < 1.29 is 4.74 Å². The van der Waals surface area contributed by atoms with Crippen LogP contribution in [0.5, 0.6) is 5.75 Å². The Morgan fingerprint density at radius 1 is 1.10 bits per heavy atom. The van der Waals surface area contributed by atoms with Crippen molar-refractivity contribution in [2.75, 3.05) is 7.11 Å². The quantitative estimate of drug-likeness (QED) is 0.880. The van der Waals surface area contributed by atoms with Crippen molar-refractivity contribution in [3.8, 4) is 5.75 Å². The highest BCUT2D eigenvalue weighted by Gasteiger charge is 2.10. The van der Waals surface area contributed by atoms with Crippen LogP contribution in [0.4, 0.5) is 0 Å². The van der Waals surface area contributed by atoms with Gasteiger partial charge in [0.15, 0.2) is 0 Å². The maximum absolute atomic E-state index is 5.42. The number of hydrogen-bond donors (Lipinski definition) is 1. The molecule has 0 radical (unpaired) electrons. The Morgan fingerprint density at radius 3 is 2.55 bits per heavy atom. The fourth-order valence-corrected chi connectivity index (χ4v) is 2.44. The van der Waals surface area contributed by atoms with Crippen LogP contribution >= 0.6 is 0 Å². The average Bonchev–Trinajstić information content (AvgIpc) is 2.46. The number of aryl methyl sites for hydroxylation is 2. The van der Waals surface area contributed by atoms with Crippen molar-refractivity contribution in [3.63, 3.8) is 0 Å². The van der Waals surface area contributed by atoms with E-state index in [1.807, 2.05) is 18.2 Å². The van der Waals surface area contributed by atoms with Crippen molar-refractivity contribution in [2.24, 2.45) is 0 Å². The van der Waals surface area contributed by atoms with Crippen LogP contribution in [-0.2, 0) is 6.54 Å². The van der Waals surface area contributed by atoms with Crippen molar-refractivity contribution in [2.45, 2.75) is 33.4 Å². The van der Waals surface area contributed by atoms with Gasteiger partial charge in [0.2, 0.25) is 0 Å². The minimum absolute atomic E-state index is 0.256. The third-order valence-corrected chi connectivity index (χ3v) is 3.70. The first kappa shape index (κ1) is 14.6. The second kappa shape index (κ2) is 6.58. The van der Waals surface area contributed by atoms with Crippen LogP contribution in [0.3, 0.4) is 0 Å². The summed E-state index contributed by atoms with van der Waals surface area (Å²) in [5.41, 5.74) is 5.19. The molecule has 2 aromatic carbocycles. The van der Waals surface area contributed by atoms with Gasteiger partial charge in [-0.05, 0) is 38.0 Å². The minimum Gasteiger partial charge on any atom is -0.496 e. The van der Waals surface area contributed by atoms with Gasteiger partial charge >= 0.3 is 0 Å². The van der Waals surface area contributed by atoms with E-state index < -0.39 is 0 Å². The summed E-state index contributed by atoms with van der Waals surface area (Å²) < 4.78 is 5.42. The van der Waals surface area contributed by atoms with E-state index in [0.29, 0.717) is 0 Å². The molecule has 0 bridgehead atoms. The lowest BCUT2D eigenvalue weighted by Gasteiger charge is -2.18. The molecule has 1 N–H and O–H groups in total. The van der Waals surface area contributed by atoms with E-state index in [1.165, 1.54) is 22.3 Å². The molecule has 0 aliphatic heterocycles. The number of ether oxygens (including phenoxy) is 1. The molecule has 0 amide bonds. The average molecular weight is 269 g/mol. The molecule has 2 rings (SSSR count). The van der Waals surface area contributed by atoms with Gasteiger partial charge in [-0.3, -0.25) is 0 Å². The van der Waals surface area contributed by atoms with Gasteiger partial charge in [-0.1, -0.05) is 42.0 Å². The first-order chi connectivity index (χ1) is 9.61. The van der Waals surface area contributed by atoms with Gasteiger partial charge in [0.05, 0.1) is 7.11 Å². The Bertz CT molecular complexity index is 577. The van der Waals surface area contributed by atoms with Gasteiger partial charge in [0.25, 0.3) is 0 Å². The van der Waals surface area contributed by atoms with E-state index in [9.17, 15) is 0 Å². The molecule has 2 heteroatoms. The minimum atomic E-state index is 0.256. The lowest BCUT2D eigenvalue weighted by molar-refractivity contribution is 0.401. The van der Waals surface area contributed by atoms with E-state index in [1.54, 1.807) is 7.11 Å². The molecule has 2 nitrogen and oxygen atoms in total. The summed E-state index contributed by atoms with van der Waals surface area (Å²) in [6.07, 6.45) is 0. The molecule has 0 saturated carbocycles. The van der Waals surface area contributed by atoms with Crippen molar-refractivity contribution in [1.82, 2.24) is 5.32 Å². The predicted molar refractivity (Wildman–Crippen MR) is 84.2 cm³/mol. The van der Waals surface area contributed by atoms with E-state index in [2.05, 4.69) is 50.4 Å². The summed E-state index contributed by atoms with van der Waals surface area (Å²) in [5, 5.41) is 3.57. The largest absolute Gasteiger partial charge is 0.496 e. The summed E-state index contributed by atoms with van der Waals surface area (Å²) in [4.78, 5) is 0. The zero-order valence-corrected chi connectivity index (χ0v) is 12.7. The van der Waals surface area contributed by atoms with E-state index in [0.717, 1.165) is 12.3 Å². The standard InChI is InChI=1S/C18H23NO/c1-13-9-10-16(14(2)11-13)12-19-15(3)17-7-5-6-8-18(17)20-4/h5-11,15,19H,12H2,1-4H3/t15-/m1/s1. The first-order valence-electron chi connectivity index (χ1n) is 7.04. The predicted octanol–water partition coefficient (Wildman–Crippen LogP) is 4.16. The highest BCUT2D eigenvalue weighted by atomic mass is 16.5. The number of para-hydroxylation sites is 1. The van der Waals surface area contributed by atoms with Gasteiger partial charge in [-0.25, -0.2) is 0 Å². The molecule has 0 aliphatic carbocycles. The van der Waals surface area contributed by atoms with Crippen molar-refractivity contribution in [1.29, 1.82) is 0 Å². The lowest BCUT2D eigenvalue weighted by atomic mass is 10.0. The molecular formula is C18H23NO. The molecule has 0 heterocycles. The van der Waals surface area contributed by atoms with Crippen LogP contribution in [0.15, 0.2) is 42.5 Å². The number of hydrogen-bond acceptors (Lipinski definition) is 2. The maximum atomic E-state index is 5.42. The van der Waals surface area contributed by atoms with Crippen LogP contribution in [0, 0.1) is 13.8 Å². The second-order valence-electron chi connectivity index (χ2n) is 5.27. The molecule has 0 unspecified atom stereocenters. The van der Waals surface area contributed by atoms with Crippen LogP contribution in [0.2, 0.25) is 0 Å². The highest BCUT2D eigenvalue weighted by Crippen LogP contribution is 2.24.